The molecule has 2 fully saturated rings. The van der Waals surface area contributed by atoms with Crippen molar-refractivity contribution in [3.63, 3.8) is 0 Å². The fourth-order valence-corrected chi connectivity index (χ4v) is 2.89. The summed E-state index contributed by atoms with van der Waals surface area (Å²) in [6.07, 6.45) is 0.0748. The van der Waals surface area contributed by atoms with Crippen molar-refractivity contribution in [3.8, 4) is 0 Å². The summed E-state index contributed by atoms with van der Waals surface area (Å²) in [5, 5.41) is 0. The Kier molecular flexibility index (Phi) is 3.18. The molecule has 2 nitrogen and oxygen atoms in total. The lowest BCUT2D eigenvalue weighted by molar-refractivity contribution is 0.0138. The van der Waals surface area contributed by atoms with Gasteiger partial charge in [0.05, 0.1) is 6.54 Å². The van der Waals surface area contributed by atoms with E-state index in [9.17, 15) is 13.2 Å². The second-order valence-corrected chi connectivity index (χ2v) is 5.22. The molecular weight excluding hydrogens is 217 g/mol. The lowest BCUT2D eigenvalue weighted by atomic mass is 10.0. The zero-order chi connectivity index (χ0) is 11.9. The van der Waals surface area contributed by atoms with E-state index >= 15 is 0 Å². The molecule has 1 unspecified atom stereocenters. The van der Waals surface area contributed by atoms with Crippen molar-refractivity contribution in [3.05, 3.63) is 0 Å². The third kappa shape index (κ3) is 2.35. The Morgan fingerprint density at radius 2 is 1.94 bits per heavy atom. The molecule has 2 saturated heterocycles. The van der Waals surface area contributed by atoms with Gasteiger partial charge in [0.25, 0.3) is 5.92 Å². The van der Waals surface area contributed by atoms with Crippen LogP contribution in [0.3, 0.4) is 0 Å². The molecule has 0 aliphatic carbocycles. The van der Waals surface area contributed by atoms with Gasteiger partial charge in [-0.05, 0) is 26.9 Å². The van der Waals surface area contributed by atoms with E-state index in [0.29, 0.717) is 12.8 Å². The summed E-state index contributed by atoms with van der Waals surface area (Å²) in [6.45, 7) is 0.545. The minimum absolute atomic E-state index is 0.124. The van der Waals surface area contributed by atoms with E-state index in [4.69, 9.17) is 0 Å². The van der Waals surface area contributed by atoms with Crippen LogP contribution in [0.4, 0.5) is 13.2 Å². The Balaban J connectivity index is 1.95. The molecule has 2 aliphatic rings. The topological polar surface area (TPSA) is 6.48 Å². The quantitative estimate of drug-likeness (QED) is 0.721. The van der Waals surface area contributed by atoms with Gasteiger partial charge in [0.15, 0.2) is 0 Å². The third-order valence-corrected chi connectivity index (χ3v) is 3.89. The average molecular weight is 236 g/mol. The Hall–Kier alpha value is -0.290. The van der Waals surface area contributed by atoms with E-state index in [1.807, 2.05) is 11.9 Å². The molecule has 2 aliphatic heterocycles. The van der Waals surface area contributed by atoms with Gasteiger partial charge in [-0.25, -0.2) is 13.2 Å². The van der Waals surface area contributed by atoms with Gasteiger partial charge in [-0.15, -0.1) is 0 Å². The maximum absolute atomic E-state index is 13.6. The molecule has 0 aromatic rings. The minimum atomic E-state index is -2.59. The Morgan fingerprint density at radius 3 is 2.38 bits per heavy atom. The lowest BCUT2D eigenvalue weighted by Crippen LogP contribution is -2.37. The normalized spacial score (nSPS) is 40.7. The van der Waals surface area contributed by atoms with Crippen LogP contribution in [-0.2, 0) is 0 Å². The summed E-state index contributed by atoms with van der Waals surface area (Å²) in [5.74, 6) is -2.59. The van der Waals surface area contributed by atoms with Crippen LogP contribution in [-0.4, -0.2) is 61.2 Å². The fourth-order valence-electron chi connectivity index (χ4n) is 2.89. The predicted octanol–water partition coefficient (Wildman–Crippen LogP) is 1.76. The van der Waals surface area contributed by atoms with E-state index in [1.165, 1.54) is 0 Å². The molecule has 5 heteroatoms. The standard InChI is InChI=1S/C11H19F3N2/c1-15-4-3-9(12)10(15)5-8-6-11(13,14)7-16(8)2/h8-10H,3-7H2,1-2H3/t8?,9-,10+/m1/s1. The van der Waals surface area contributed by atoms with Gasteiger partial charge in [-0.2, -0.15) is 0 Å². The van der Waals surface area contributed by atoms with Crippen molar-refractivity contribution in [1.29, 1.82) is 0 Å². The zero-order valence-corrected chi connectivity index (χ0v) is 9.80. The highest BCUT2D eigenvalue weighted by Gasteiger charge is 2.45. The fraction of sp³-hybridized carbons (Fsp3) is 1.00. The average Bonchev–Trinajstić information content (AvgIpc) is 2.59. The number of rotatable bonds is 2. The number of alkyl halides is 3. The van der Waals surface area contributed by atoms with Crippen LogP contribution in [0.1, 0.15) is 19.3 Å². The maximum atomic E-state index is 13.6. The summed E-state index contributed by atoms with van der Waals surface area (Å²) in [7, 11) is 3.57. The van der Waals surface area contributed by atoms with Gasteiger partial charge in [0.1, 0.15) is 6.17 Å². The number of halogens is 3. The third-order valence-electron chi connectivity index (χ3n) is 3.89. The zero-order valence-electron chi connectivity index (χ0n) is 9.80. The van der Waals surface area contributed by atoms with Gasteiger partial charge in [0.2, 0.25) is 0 Å². The Morgan fingerprint density at radius 1 is 1.25 bits per heavy atom. The Bertz CT molecular complexity index is 250. The minimum Gasteiger partial charge on any atom is -0.300 e. The van der Waals surface area contributed by atoms with Crippen LogP contribution in [0.15, 0.2) is 0 Å². The Labute approximate surface area is 94.4 Å². The summed E-state index contributed by atoms with van der Waals surface area (Å²) < 4.78 is 39.9. The summed E-state index contributed by atoms with van der Waals surface area (Å²) >= 11 is 0. The van der Waals surface area contributed by atoms with E-state index in [1.54, 1.807) is 11.9 Å². The first-order valence-electron chi connectivity index (χ1n) is 5.81. The van der Waals surface area contributed by atoms with Crippen LogP contribution in [0.2, 0.25) is 0 Å². The highest BCUT2D eigenvalue weighted by Crippen LogP contribution is 2.35. The van der Waals surface area contributed by atoms with Gasteiger partial charge < -0.3 is 4.90 Å². The number of hydrogen-bond acceptors (Lipinski definition) is 2. The molecular formula is C11H19F3N2. The summed E-state index contributed by atoms with van der Waals surface area (Å²) in [6, 6.07) is -0.361. The van der Waals surface area contributed by atoms with Crippen LogP contribution < -0.4 is 0 Å². The maximum Gasteiger partial charge on any atom is 0.262 e. The first-order chi connectivity index (χ1) is 7.39. The monoisotopic (exact) mass is 236 g/mol. The number of hydrogen-bond donors (Lipinski definition) is 0. The molecule has 16 heavy (non-hydrogen) atoms. The van der Waals surface area contributed by atoms with Gasteiger partial charge in [-0.3, -0.25) is 4.90 Å². The summed E-state index contributed by atoms with van der Waals surface area (Å²) in [5.41, 5.74) is 0. The van der Waals surface area contributed by atoms with E-state index in [2.05, 4.69) is 0 Å². The molecule has 2 heterocycles. The first kappa shape index (κ1) is 12.2. The lowest BCUT2D eigenvalue weighted by Gasteiger charge is -2.27. The number of likely N-dealkylation sites (tertiary alicyclic amines) is 2. The van der Waals surface area contributed by atoms with Gasteiger partial charge in [0, 0.05) is 25.0 Å². The highest BCUT2D eigenvalue weighted by molar-refractivity contribution is 4.95. The van der Waals surface area contributed by atoms with Crippen LogP contribution in [0, 0.1) is 0 Å². The molecule has 0 N–H and O–H groups in total. The van der Waals surface area contributed by atoms with Gasteiger partial charge >= 0.3 is 0 Å². The number of nitrogens with zero attached hydrogens (tertiary/aromatic N) is 2. The van der Waals surface area contributed by atoms with Crippen LogP contribution in [0.25, 0.3) is 0 Å². The molecule has 2 rings (SSSR count). The SMILES string of the molecule is CN1CC(F)(F)CC1C[C@H]1[C@H](F)CCN1C. The summed E-state index contributed by atoms with van der Waals surface area (Å²) in [4.78, 5) is 3.62. The van der Waals surface area contributed by atoms with Crippen LogP contribution >= 0.6 is 0 Å². The van der Waals surface area contributed by atoms with E-state index < -0.39 is 12.1 Å². The molecule has 0 spiro atoms. The second-order valence-electron chi connectivity index (χ2n) is 5.22. The molecule has 0 radical (unpaired) electrons. The van der Waals surface area contributed by atoms with Gasteiger partial charge in [-0.1, -0.05) is 0 Å². The highest BCUT2D eigenvalue weighted by atomic mass is 19.3. The predicted molar refractivity (Wildman–Crippen MR) is 56.5 cm³/mol. The molecule has 0 amide bonds. The van der Waals surface area contributed by atoms with Crippen LogP contribution in [0.5, 0.6) is 0 Å². The first-order valence-corrected chi connectivity index (χ1v) is 5.81. The second kappa shape index (κ2) is 4.18. The molecule has 0 aromatic carbocycles. The smallest absolute Gasteiger partial charge is 0.262 e. The molecule has 94 valence electrons. The van der Waals surface area contributed by atoms with Crippen molar-refractivity contribution < 1.29 is 13.2 Å². The van der Waals surface area contributed by atoms with E-state index in [-0.39, 0.29) is 25.0 Å². The molecule has 0 saturated carbocycles. The van der Waals surface area contributed by atoms with Crippen molar-refractivity contribution >= 4 is 0 Å². The van der Waals surface area contributed by atoms with Crippen molar-refractivity contribution in [2.24, 2.45) is 0 Å². The largest absolute Gasteiger partial charge is 0.300 e. The van der Waals surface area contributed by atoms with Crippen molar-refractivity contribution in [2.45, 2.75) is 43.4 Å². The van der Waals surface area contributed by atoms with Crippen molar-refractivity contribution in [2.75, 3.05) is 27.2 Å². The molecule has 0 aromatic heterocycles. The van der Waals surface area contributed by atoms with E-state index in [0.717, 1.165) is 6.54 Å². The van der Waals surface area contributed by atoms with Crippen molar-refractivity contribution in [1.82, 2.24) is 9.80 Å². The molecule has 3 atom stereocenters. The molecule has 0 bridgehead atoms.